The van der Waals surface area contributed by atoms with Gasteiger partial charge in [-0.3, -0.25) is 14.3 Å². The van der Waals surface area contributed by atoms with E-state index < -0.39 is 24.0 Å². The number of nitrogens with one attached hydrogen (secondary N) is 1. The van der Waals surface area contributed by atoms with E-state index in [0.717, 1.165) is 12.8 Å². The summed E-state index contributed by atoms with van der Waals surface area (Å²) in [7, 11) is 0. The minimum atomic E-state index is -4.74. The van der Waals surface area contributed by atoms with Gasteiger partial charge in [-0.2, -0.15) is 0 Å². The summed E-state index contributed by atoms with van der Waals surface area (Å²) in [5.74, 6) is -0.647. The van der Waals surface area contributed by atoms with Gasteiger partial charge in [0.25, 0.3) is 0 Å². The summed E-state index contributed by atoms with van der Waals surface area (Å²) in [6, 6.07) is 0. The largest absolute Gasteiger partial charge is 0.522 e. The molecule has 2 amide bonds. The predicted octanol–water partition coefficient (Wildman–Crippen LogP) is 1.57. The topological polar surface area (TPSA) is 58.6 Å². The van der Waals surface area contributed by atoms with E-state index in [2.05, 4.69) is 10.1 Å². The van der Waals surface area contributed by atoms with Crippen LogP contribution in [-0.2, 0) is 14.3 Å². The van der Waals surface area contributed by atoms with Gasteiger partial charge in [0.1, 0.15) is 11.1 Å². The summed E-state index contributed by atoms with van der Waals surface area (Å²) in [6.45, 7) is 2.19. The highest BCUT2D eigenvalue weighted by molar-refractivity contribution is 6.02. The Balaban J connectivity index is 2.18. The first-order chi connectivity index (χ1) is 9.58. The maximum atomic E-state index is 12.5. The third-order valence-corrected chi connectivity index (χ3v) is 4.16. The van der Waals surface area contributed by atoms with Crippen molar-refractivity contribution in [2.75, 3.05) is 13.2 Å². The molecule has 1 aliphatic carbocycles. The fraction of sp³-hybridized carbons (Fsp3) is 0.846. The third kappa shape index (κ3) is 3.00. The number of alkyl halides is 3. The molecule has 5 nitrogen and oxygen atoms in total. The predicted molar refractivity (Wildman–Crippen MR) is 67.1 cm³/mol. The molecule has 0 atom stereocenters. The SMILES string of the molecule is CC1(C)NC(=O)C2(CCCC2)N(CCOC(F)(F)F)C1=O. The zero-order valence-electron chi connectivity index (χ0n) is 12.0. The number of halogens is 3. The molecule has 120 valence electrons. The number of amides is 2. The molecule has 1 heterocycles. The van der Waals surface area contributed by atoms with Gasteiger partial charge in [-0.25, -0.2) is 0 Å². The highest BCUT2D eigenvalue weighted by Gasteiger charge is 2.56. The molecule has 0 bridgehead atoms. The minimum Gasteiger partial charge on any atom is -0.340 e. The number of hydrogen-bond donors (Lipinski definition) is 1. The third-order valence-electron chi connectivity index (χ3n) is 4.16. The lowest BCUT2D eigenvalue weighted by molar-refractivity contribution is -0.325. The number of nitrogens with zero attached hydrogens (tertiary/aromatic N) is 1. The molecular formula is C13H19F3N2O3. The molecule has 0 unspecified atom stereocenters. The quantitative estimate of drug-likeness (QED) is 0.861. The van der Waals surface area contributed by atoms with Crippen molar-refractivity contribution in [3.8, 4) is 0 Å². The Labute approximate surface area is 120 Å². The molecule has 2 rings (SSSR count). The van der Waals surface area contributed by atoms with Crippen LogP contribution >= 0.6 is 0 Å². The molecule has 8 heteroatoms. The average molecular weight is 308 g/mol. The summed E-state index contributed by atoms with van der Waals surface area (Å²) in [5.41, 5.74) is -2.12. The number of carbonyl (C=O) groups excluding carboxylic acids is 2. The van der Waals surface area contributed by atoms with Gasteiger partial charge in [0, 0.05) is 6.54 Å². The van der Waals surface area contributed by atoms with E-state index in [9.17, 15) is 22.8 Å². The maximum Gasteiger partial charge on any atom is 0.522 e. The number of hydrogen-bond acceptors (Lipinski definition) is 3. The number of rotatable bonds is 3. The summed E-state index contributed by atoms with van der Waals surface area (Å²) in [5, 5.41) is 2.68. The molecule has 2 aliphatic rings. The Kier molecular flexibility index (Phi) is 3.94. The lowest BCUT2D eigenvalue weighted by Gasteiger charge is -2.49. The van der Waals surface area contributed by atoms with Gasteiger partial charge in [-0.15, -0.1) is 13.2 Å². The van der Waals surface area contributed by atoms with Gasteiger partial charge < -0.3 is 10.2 Å². The van der Waals surface area contributed by atoms with E-state index in [0.29, 0.717) is 12.8 Å². The first-order valence-corrected chi connectivity index (χ1v) is 6.94. The van der Waals surface area contributed by atoms with E-state index in [1.807, 2.05) is 0 Å². The standard InChI is InChI=1S/C13H19F3N2O3/c1-11(2)10(20)18(7-8-21-13(14,15)16)12(9(19)17-11)5-3-4-6-12/h3-8H2,1-2H3,(H,17,19). The second-order valence-electron chi connectivity index (χ2n) is 6.07. The van der Waals surface area contributed by atoms with Crippen molar-refractivity contribution in [1.82, 2.24) is 10.2 Å². The molecule has 0 radical (unpaired) electrons. The van der Waals surface area contributed by atoms with Gasteiger partial charge in [0.05, 0.1) is 6.61 Å². The highest BCUT2D eigenvalue weighted by atomic mass is 19.4. The molecule has 0 aromatic heterocycles. The molecule has 0 aromatic rings. The molecule has 1 aliphatic heterocycles. The van der Waals surface area contributed by atoms with Crippen LogP contribution in [0.4, 0.5) is 13.2 Å². The molecule has 1 N–H and O–H groups in total. The van der Waals surface area contributed by atoms with Crippen LogP contribution < -0.4 is 5.32 Å². The zero-order chi connectivity index (χ0) is 15.9. The van der Waals surface area contributed by atoms with Crippen molar-refractivity contribution in [3.63, 3.8) is 0 Å². The van der Waals surface area contributed by atoms with Crippen LogP contribution in [0.5, 0.6) is 0 Å². The van der Waals surface area contributed by atoms with Crippen LogP contribution in [-0.4, -0.2) is 47.3 Å². The zero-order valence-corrected chi connectivity index (χ0v) is 12.0. The van der Waals surface area contributed by atoms with Crippen LogP contribution in [0.1, 0.15) is 39.5 Å². The summed E-state index contributed by atoms with van der Waals surface area (Å²) >= 11 is 0. The monoisotopic (exact) mass is 308 g/mol. The van der Waals surface area contributed by atoms with Crippen LogP contribution in [0.3, 0.4) is 0 Å². The van der Waals surface area contributed by atoms with Crippen LogP contribution in [0, 0.1) is 0 Å². The summed E-state index contributed by atoms with van der Waals surface area (Å²) in [4.78, 5) is 26.1. The van der Waals surface area contributed by atoms with E-state index in [1.54, 1.807) is 13.8 Å². The number of piperazine rings is 1. The normalized spacial score (nSPS) is 24.5. The molecular weight excluding hydrogens is 289 g/mol. The molecule has 0 aromatic carbocycles. The Morgan fingerprint density at radius 1 is 1.24 bits per heavy atom. The van der Waals surface area contributed by atoms with Crippen LogP contribution in [0.2, 0.25) is 0 Å². The summed E-state index contributed by atoms with van der Waals surface area (Å²) < 4.78 is 40.1. The van der Waals surface area contributed by atoms with Crippen molar-refractivity contribution in [3.05, 3.63) is 0 Å². The van der Waals surface area contributed by atoms with Crippen LogP contribution in [0.25, 0.3) is 0 Å². The first kappa shape index (κ1) is 16.1. The molecule has 1 saturated heterocycles. The van der Waals surface area contributed by atoms with Crippen molar-refractivity contribution in [2.45, 2.75) is 57.0 Å². The van der Waals surface area contributed by atoms with Crippen molar-refractivity contribution in [1.29, 1.82) is 0 Å². The number of carbonyl (C=O) groups is 2. The Morgan fingerprint density at radius 2 is 1.81 bits per heavy atom. The fourth-order valence-corrected chi connectivity index (χ4v) is 3.13. The Morgan fingerprint density at radius 3 is 2.33 bits per heavy atom. The lowest BCUT2D eigenvalue weighted by Crippen LogP contribution is -2.73. The Bertz CT molecular complexity index is 442. The molecule has 2 fully saturated rings. The van der Waals surface area contributed by atoms with Gasteiger partial charge in [-0.05, 0) is 26.7 Å². The minimum absolute atomic E-state index is 0.241. The van der Waals surface area contributed by atoms with E-state index in [1.165, 1.54) is 4.90 Å². The lowest BCUT2D eigenvalue weighted by atomic mass is 9.85. The maximum absolute atomic E-state index is 12.5. The smallest absolute Gasteiger partial charge is 0.340 e. The number of ether oxygens (including phenoxy) is 1. The highest BCUT2D eigenvalue weighted by Crippen LogP contribution is 2.39. The van der Waals surface area contributed by atoms with E-state index >= 15 is 0 Å². The van der Waals surface area contributed by atoms with Crippen molar-refractivity contribution < 1.29 is 27.5 Å². The Hall–Kier alpha value is -1.31. The summed E-state index contributed by atoms with van der Waals surface area (Å²) in [6.07, 6.45) is -2.23. The van der Waals surface area contributed by atoms with Gasteiger partial charge >= 0.3 is 6.36 Å². The molecule has 21 heavy (non-hydrogen) atoms. The van der Waals surface area contributed by atoms with E-state index in [4.69, 9.17) is 0 Å². The second-order valence-corrected chi connectivity index (χ2v) is 6.07. The van der Waals surface area contributed by atoms with E-state index in [-0.39, 0.29) is 18.4 Å². The first-order valence-electron chi connectivity index (χ1n) is 6.94. The fourth-order valence-electron chi connectivity index (χ4n) is 3.13. The van der Waals surface area contributed by atoms with Gasteiger partial charge in [0.15, 0.2) is 0 Å². The molecule has 1 saturated carbocycles. The van der Waals surface area contributed by atoms with Crippen molar-refractivity contribution >= 4 is 11.8 Å². The van der Waals surface area contributed by atoms with Gasteiger partial charge in [-0.1, -0.05) is 12.8 Å². The average Bonchev–Trinajstić information content (AvgIpc) is 2.80. The van der Waals surface area contributed by atoms with Crippen LogP contribution in [0.15, 0.2) is 0 Å². The van der Waals surface area contributed by atoms with Crippen molar-refractivity contribution in [2.24, 2.45) is 0 Å². The van der Waals surface area contributed by atoms with Gasteiger partial charge in [0.2, 0.25) is 11.8 Å². The molecule has 1 spiro atoms. The second kappa shape index (κ2) is 5.15.